The molecule has 8 nitrogen and oxygen atoms in total. The molecule has 0 fully saturated rings. The summed E-state index contributed by atoms with van der Waals surface area (Å²) in [6.45, 7) is 0.0423. The number of fused-ring (bicyclic) bond motifs is 2. The van der Waals surface area contributed by atoms with Crippen LogP contribution in [0.2, 0.25) is 0 Å². The molecule has 2 heterocycles. The smallest absolute Gasteiger partial charge is 0.231 e. The third-order valence-electron chi connectivity index (χ3n) is 4.56. The number of methoxy groups -OCH3 is 4. The summed E-state index contributed by atoms with van der Waals surface area (Å²) in [5.74, 6) is 2.31. The van der Waals surface area contributed by atoms with E-state index in [-0.39, 0.29) is 28.9 Å². The van der Waals surface area contributed by atoms with Crippen LogP contribution in [0.15, 0.2) is 33.7 Å². The van der Waals surface area contributed by atoms with E-state index < -0.39 is 0 Å². The summed E-state index contributed by atoms with van der Waals surface area (Å²) >= 11 is 0. The summed E-state index contributed by atoms with van der Waals surface area (Å²) in [4.78, 5) is 13.5. The molecule has 0 aliphatic carbocycles. The van der Waals surface area contributed by atoms with Gasteiger partial charge in [0.25, 0.3) is 0 Å². The van der Waals surface area contributed by atoms with Crippen LogP contribution in [0, 0.1) is 0 Å². The second kappa shape index (κ2) is 6.88. The lowest BCUT2D eigenvalue weighted by molar-refractivity contribution is 0.171. The molecule has 1 aromatic heterocycles. The summed E-state index contributed by atoms with van der Waals surface area (Å²) in [5.41, 5.74) is 0.633. The molecule has 1 aliphatic rings. The fraction of sp³-hybridized carbons (Fsp3) is 0.250. The van der Waals surface area contributed by atoms with Crippen LogP contribution in [0.25, 0.3) is 22.1 Å². The first-order chi connectivity index (χ1) is 13.6. The Bertz CT molecular complexity index is 1120. The van der Waals surface area contributed by atoms with Gasteiger partial charge in [-0.3, -0.25) is 4.79 Å². The van der Waals surface area contributed by atoms with Crippen molar-refractivity contribution in [3.63, 3.8) is 0 Å². The van der Waals surface area contributed by atoms with Crippen LogP contribution in [-0.4, -0.2) is 35.2 Å². The average molecular weight is 386 g/mol. The molecule has 8 heteroatoms. The zero-order valence-corrected chi connectivity index (χ0v) is 15.8. The summed E-state index contributed by atoms with van der Waals surface area (Å²) < 4.78 is 38.3. The first-order valence-electron chi connectivity index (χ1n) is 8.36. The van der Waals surface area contributed by atoms with E-state index in [0.717, 1.165) is 0 Å². The van der Waals surface area contributed by atoms with Gasteiger partial charge in [0.15, 0.2) is 23.0 Å². The van der Waals surface area contributed by atoms with E-state index in [4.69, 9.17) is 32.8 Å². The monoisotopic (exact) mass is 386 g/mol. The van der Waals surface area contributed by atoms with E-state index in [2.05, 4.69) is 0 Å². The van der Waals surface area contributed by atoms with Crippen molar-refractivity contribution in [2.24, 2.45) is 0 Å². The van der Waals surface area contributed by atoms with Crippen LogP contribution in [-0.2, 0) is 0 Å². The number of hydrogen-bond donors (Lipinski definition) is 0. The molecule has 0 N–H and O–H groups in total. The predicted molar refractivity (Wildman–Crippen MR) is 100 cm³/mol. The van der Waals surface area contributed by atoms with Gasteiger partial charge in [-0.15, -0.1) is 0 Å². The highest BCUT2D eigenvalue weighted by atomic mass is 16.7. The molecular weight excluding hydrogens is 368 g/mol. The molecule has 0 atom stereocenters. The Hall–Kier alpha value is -3.55. The lowest BCUT2D eigenvalue weighted by Crippen LogP contribution is -2.09. The van der Waals surface area contributed by atoms with Crippen LogP contribution < -0.4 is 33.8 Å². The zero-order chi connectivity index (χ0) is 19.8. The highest BCUT2D eigenvalue weighted by molar-refractivity contribution is 5.93. The molecule has 0 bridgehead atoms. The molecule has 0 saturated carbocycles. The second-order valence-electron chi connectivity index (χ2n) is 5.87. The van der Waals surface area contributed by atoms with Gasteiger partial charge in [-0.05, 0) is 12.1 Å². The van der Waals surface area contributed by atoms with Crippen molar-refractivity contribution < 1.29 is 32.8 Å². The first-order valence-corrected chi connectivity index (χ1v) is 8.36. The normalized spacial score (nSPS) is 12.1. The van der Waals surface area contributed by atoms with Crippen LogP contribution in [0.5, 0.6) is 34.5 Å². The van der Waals surface area contributed by atoms with Crippen LogP contribution in [0.3, 0.4) is 0 Å². The predicted octanol–water partition coefficient (Wildman–Crippen LogP) is 3.22. The summed E-state index contributed by atoms with van der Waals surface area (Å²) in [5, 5.41) is 0.233. The van der Waals surface area contributed by atoms with Gasteiger partial charge in [0.2, 0.25) is 18.0 Å². The van der Waals surface area contributed by atoms with Crippen LogP contribution >= 0.6 is 0 Å². The Morgan fingerprint density at radius 3 is 2.29 bits per heavy atom. The maximum atomic E-state index is 13.5. The molecule has 3 aromatic rings. The molecule has 2 aromatic carbocycles. The molecule has 28 heavy (non-hydrogen) atoms. The minimum absolute atomic E-state index is 0.0423. The highest BCUT2D eigenvalue weighted by Gasteiger charge is 2.28. The van der Waals surface area contributed by atoms with Crippen molar-refractivity contribution in [2.45, 2.75) is 0 Å². The molecule has 0 saturated heterocycles. The summed E-state index contributed by atoms with van der Waals surface area (Å²) in [7, 11) is 5.96. The second-order valence-corrected chi connectivity index (χ2v) is 5.87. The largest absolute Gasteiger partial charge is 0.496 e. The number of rotatable bonds is 5. The van der Waals surface area contributed by atoms with E-state index in [1.807, 2.05) is 0 Å². The Kier molecular flexibility index (Phi) is 4.38. The SMILES string of the molecule is COc1ccc(OC)c(-c2coc3cc4c(c(OC)c3c2=O)OCO4)c1OC. The van der Waals surface area contributed by atoms with Gasteiger partial charge in [0, 0.05) is 6.07 Å². The third kappa shape index (κ3) is 2.49. The molecule has 1 aliphatic heterocycles. The standard InChI is InChI=1S/C20H18O8/c1-22-11-5-6-12(23-2)18(24-3)15(11)10-8-26-13-7-14-19(28-9-27-14)20(25-4)16(13)17(10)21/h5-8H,9H2,1-4H3. The van der Waals surface area contributed by atoms with Gasteiger partial charge in [-0.1, -0.05) is 0 Å². The Morgan fingerprint density at radius 2 is 1.61 bits per heavy atom. The van der Waals surface area contributed by atoms with Crippen molar-refractivity contribution in [2.75, 3.05) is 35.2 Å². The quantitative estimate of drug-likeness (QED) is 0.661. The Balaban J connectivity index is 2.08. The first kappa shape index (κ1) is 17.8. The van der Waals surface area contributed by atoms with Crippen molar-refractivity contribution >= 4 is 11.0 Å². The van der Waals surface area contributed by atoms with E-state index in [1.54, 1.807) is 18.2 Å². The molecular formula is C20H18O8. The lowest BCUT2D eigenvalue weighted by Gasteiger charge is -2.16. The van der Waals surface area contributed by atoms with Gasteiger partial charge in [-0.25, -0.2) is 0 Å². The summed E-state index contributed by atoms with van der Waals surface area (Å²) in [6, 6.07) is 4.99. The van der Waals surface area contributed by atoms with E-state index in [0.29, 0.717) is 39.9 Å². The maximum Gasteiger partial charge on any atom is 0.231 e. The van der Waals surface area contributed by atoms with Crippen LogP contribution in [0.4, 0.5) is 0 Å². The summed E-state index contributed by atoms with van der Waals surface area (Å²) in [6.07, 6.45) is 1.35. The lowest BCUT2D eigenvalue weighted by atomic mass is 10.0. The van der Waals surface area contributed by atoms with Gasteiger partial charge in [0.1, 0.15) is 23.0 Å². The molecule has 4 rings (SSSR count). The third-order valence-corrected chi connectivity index (χ3v) is 4.56. The minimum atomic E-state index is -0.332. The number of ether oxygens (including phenoxy) is 6. The van der Waals surface area contributed by atoms with Gasteiger partial charge in [-0.2, -0.15) is 0 Å². The van der Waals surface area contributed by atoms with Gasteiger partial charge >= 0.3 is 0 Å². The topological polar surface area (TPSA) is 85.6 Å². The Morgan fingerprint density at radius 1 is 0.893 bits per heavy atom. The van der Waals surface area contributed by atoms with Crippen molar-refractivity contribution in [1.29, 1.82) is 0 Å². The molecule has 0 unspecified atom stereocenters. The van der Waals surface area contributed by atoms with Crippen molar-refractivity contribution in [1.82, 2.24) is 0 Å². The average Bonchev–Trinajstić information content (AvgIpc) is 3.19. The number of benzene rings is 2. The van der Waals surface area contributed by atoms with E-state index in [9.17, 15) is 4.79 Å². The van der Waals surface area contributed by atoms with E-state index >= 15 is 0 Å². The minimum Gasteiger partial charge on any atom is -0.496 e. The number of hydrogen-bond acceptors (Lipinski definition) is 8. The van der Waals surface area contributed by atoms with Crippen molar-refractivity contribution in [3.8, 4) is 45.6 Å². The molecule has 0 spiro atoms. The van der Waals surface area contributed by atoms with E-state index in [1.165, 1.54) is 34.7 Å². The fourth-order valence-corrected chi connectivity index (χ4v) is 3.31. The van der Waals surface area contributed by atoms with Gasteiger partial charge in [0.05, 0.1) is 39.6 Å². The fourth-order valence-electron chi connectivity index (χ4n) is 3.31. The zero-order valence-electron chi connectivity index (χ0n) is 15.8. The molecule has 0 radical (unpaired) electrons. The Labute approximate surface area is 160 Å². The van der Waals surface area contributed by atoms with Crippen LogP contribution in [0.1, 0.15) is 0 Å². The van der Waals surface area contributed by atoms with Gasteiger partial charge < -0.3 is 32.8 Å². The molecule has 0 amide bonds. The van der Waals surface area contributed by atoms with Crippen molar-refractivity contribution in [3.05, 3.63) is 34.7 Å². The highest BCUT2D eigenvalue weighted by Crippen LogP contribution is 2.47. The maximum absolute atomic E-state index is 13.5. The molecule has 146 valence electrons.